The summed E-state index contributed by atoms with van der Waals surface area (Å²) in [5.74, 6) is 0.789. The van der Waals surface area contributed by atoms with Gasteiger partial charge in [-0.15, -0.1) is 0 Å². The number of hydrogen-bond donors (Lipinski definition) is 1. The van der Waals surface area contributed by atoms with Crippen molar-refractivity contribution in [3.8, 4) is 0 Å². The summed E-state index contributed by atoms with van der Waals surface area (Å²) in [5, 5.41) is 3.49. The first kappa shape index (κ1) is 16.0. The number of nitrogens with one attached hydrogen (secondary N) is 1. The lowest BCUT2D eigenvalue weighted by Gasteiger charge is -2.39. The van der Waals surface area contributed by atoms with Gasteiger partial charge >= 0.3 is 5.97 Å². The minimum atomic E-state index is -0.177. The predicted octanol–water partition coefficient (Wildman–Crippen LogP) is 3.42. The number of carbonyl (C=O) groups excluding carboxylic acids is 1. The highest BCUT2D eigenvalue weighted by Gasteiger charge is 2.35. The summed E-state index contributed by atoms with van der Waals surface area (Å²) in [6, 6.07) is 9.04. The first-order chi connectivity index (χ1) is 10.0. The second kappa shape index (κ2) is 7.08. The van der Waals surface area contributed by atoms with Crippen molar-refractivity contribution in [3.05, 3.63) is 35.4 Å². The quantitative estimate of drug-likeness (QED) is 0.816. The van der Waals surface area contributed by atoms with Gasteiger partial charge in [0.1, 0.15) is 6.04 Å². The van der Waals surface area contributed by atoms with Gasteiger partial charge < -0.3 is 10.1 Å². The number of esters is 1. The lowest BCUT2D eigenvalue weighted by molar-refractivity contribution is -0.145. The average molecular weight is 289 g/mol. The molecule has 0 amide bonds. The SMILES string of the molecule is CCC(C)C(NC1CC(c2ccc(C)cc2)C1)C(=O)OC. The van der Waals surface area contributed by atoms with E-state index in [2.05, 4.69) is 50.4 Å². The van der Waals surface area contributed by atoms with Gasteiger partial charge in [0.05, 0.1) is 7.11 Å². The predicted molar refractivity (Wildman–Crippen MR) is 85.3 cm³/mol. The van der Waals surface area contributed by atoms with Crippen LogP contribution >= 0.6 is 0 Å². The molecule has 0 radical (unpaired) electrons. The van der Waals surface area contributed by atoms with Crippen molar-refractivity contribution >= 4 is 5.97 Å². The number of carbonyl (C=O) groups is 1. The van der Waals surface area contributed by atoms with E-state index < -0.39 is 0 Å². The lowest BCUT2D eigenvalue weighted by Crippen LogP contribution is -2.51. The van der Waals surface area contributed by atoms with Crippen molar-refractivity contribution in [2.24, 2.45) is 5.92 Å². The monoisotopic (exact) mass is 289 g/mol. The molecule has 2 atom stereocenters. The molecule has 1 aliphatic carbocycles. The van der Waals surface area contributed by atoms with Crippen LogP contribution in [0.25, 0.3) is 0 Å². The van der Waals surface area contributed by atoms with Crippen LogP contribution in [0, 0.1) is 12.8 Å². The molecule has 0 saturated heterocycles. The molecule has 0 aliphatic heterocycles. The Kier molecular flexibility index (Phi) is 5.40. The van der Waals surface area contributed by atoms with Gasteiger partial charge in [-0.2, -0.15) is 0 Å². The highest BCUT2D eigenvalue weighted by atomic mass is 16.5. The van der Waals surface area contributed by atoms with Gasteiger partial charge in [-0.1, -0.05) is 50.1 Å². The van der Waals surface area contributed by atoms with E-state index in [1.807, 2.05) is 0 Å². The number of ether oxygens (including phenoxy) is 1. The highest BCUT2D eigenvalue weighted by Crippen LogP contribution is 2.37. The van der Waals surface area contributed by atoms with Gasteiger partial charge in [-0.3, -0.25) is 4.79 Å². The molecule has 3 nitrogen and oxygen atoms in total. The van der Waals surface area contributed by atoms with Gasteiger partial charge in [-0.05, 0) is 37.2 Å². The van der Waals surface area contributed by atoms with E-state index in [0.29, 0.717) is 17.9 Å². The number of hydrogen-bond acceptors (Lipinski definition) is 3. The van der Waals surface area contributed by atoms with Gasteiger partial charge in [0, 0.05) is 6.04 Å². The maximum absolute atomic E-state index is 11.9. The van der Waals surface area contributed by atoms with Crippen LogP contribution in [-0.4, -0.2) is 25.2 Å². The van der Waals surface area contributed by atoms with Crippen LogP contribution in [0.2, 0.25) is 0 Å². The van der Waals surface area contributed by atoms with E-state index in [9.17, 15) is 4.79 Å². The smallest absolute Gasteiger partial charge is 0.323 e. The third-order valence-corrected chi connectivity index (χ3v) is 4.77. The highest BCUT2D eigenvalue weighted by molar-refractivity contribution is 5.76. The molecule has 1 N–H and O–H groups in total. The van der Waals surface area contributed by atoms with E-state index in [4.69, 9.17) is 4.74 Å². The minimum Gasteiger partial charge on any atom is -0.468 e. The standard InChI is InChI=1S/C18H27NO2/c1-5-13(3)17(18(20)21-4)19-16-10-15(11-16)14-8-6-12(2)7-9-14/h6-9,13,15-17,19H,5,10-11H2,1-4H3. The van der Waals surface area contributed by atoms with Crippen molar-refractivity contribution in [3.63, 3.8) is 0 Å². The summed E-state index contributed by atoms with van der Waals surface area (Å²) in [6.45, 7) is 6.32. The van der Waals surface area contributed by atoms with Crippen LogP contribution in [0.3, 0.4) is 0 Å². The molecule has 1 fully saturated rings. The zero-order valence-corrected chi connectivity index (χ0v) is 13.6. The Labute approximate surface area is 128 Å². The molecular weight excluding hydrogens is 262 g/mol. The molecule has 116 valence electrons. The first-order valence-corrected chi connectivity index (χ1v) is 7.95. The number of methoxy groups -OCH3 is 1. The zero-order chi connectivity index (χ0) is 15.4. The van der Waals surface area contributed by atoms with Crippen molar-refractivity contribution < 1.29 is 9.53 Å². The van der Waals surface area contributed by atoms with Crippen LogP contribution in [0.5, 0.6) is 0 Å². The van der Waals surface area contributed by atoms with Crippen LogP contribution in [0.15, 0.2) is 24.3 Å². The Balaban J connectivity index is 1.88. The molecule has 0 aromatic heterocycles. The van der Waals surface area contributed by atoms with Gasteiger partial charge in [0.15, 0.2) is 0 Å². The number of aryl methyl sites for hydroxylation is 1. The summed E-state index contributed by atoms with van der Waals surface area (Å²) in [4.78, 5) is 11.9. The van der Waals surface area contributed by atoms with Crippen LogP contribution < -0.4 is 5.32 Å². The molecule has 2 unspecified atom stereocenters. The molecule has 1 saturated carbocycles. The van der Waals surface area contributed by atoms with Crippen molar-refractivity contribution in [2.75, 3.05) is 7.11 Å². The number of benzene rings is 1. The minimum absolute atomic E-state index is 0.136. The molecule has 21 heavy (non-hydrogen) atoms. The second-order valence-corrected chi connectivity index (χ2v) is 6.33. The topological polar surface area (TPSA) is 38.3 Å². The van der Waals surface area contributed by atoms with E-state index >= 15 is 0 Å². The van der Waals surface area contributed by atoms with E-state index in [0.717, 1.165) is 19.3 Å². The molecule has 1 aromatic carbocycles. The maximum atomic E-state index is 11.9. The van der Waals surface area contributed by atoms with Gasteiger partial charge in [0.25, 0.3) is 0 Å². The summed E-state index contributed by atoms with van der Waals surface area (Å²) in [5.41, 5.74) is 2.71. The largest absolute Gasteiger partial charge is 0.468 e. The molecule has 0 bridgehead atoms. The van der Waals surface area contributed by atoms with Crippen LogP contribution in [0.4, 0.5) is 0 Å². The van der Waals surface area contributed by atoms with Crippen molar-refractivity contribution in [1.29, 1.82) is 0 Å². The van der Waals surface area contributed by atoms with Crippen molar-refractivity contribution in [1.82, 2.24) is 5.32 Å². The molecular formula is C18H27NO2. The molecule has 2 rings (SSSR count). The summed E-state index contributed by atoms with van der Waals surface area (Å²) < 4.78 is 4.93. The van der Waals surface area contributed by atoms with E-state index in [1.54, 1.807) is 0 Å². The van der Waals surface area contributed by atoms with E-state index in [1.165, 1.54) is 18.2 Å². The Morgan fingerprint density at radius 2 is 1.95 bits per heavy atom. The third kappa shape index (κ3) is 3.85. The summed E-state index contributed by atoms with van der Waals surface area (Å²) in [6.07, 6.45) is 3.18. The zero-order valence-electron chi connectivity index (χ0n) is 13.6. The normalized spacial score (nSPS) is 24.0. The van der Waals surface area contributed by atoms with Crippen LogP contribution in [-0.2, 0) is 9.53 Å². The molecule has 3 heteroatoms. The third-order valence-electron chi connectivity index (χ3n) is 4.77. The van der Waals surface area contributed by atoms with Crippen molar-refractivity contribution in [2.45, 2.75) is 58.0 Å². The van der Waals surface area contributed by atoms with Gasteiger partial charge in [-0.25, -0.2) is 0 Å². The van der Waals surface area contributed by atoms with E-state index in [-0.39, 0.29) is 12.0 Å². The fourth-order valence-electron chi connectivity index (χ4n) is 2.95. The maximum Gasteiger partial charge on any atom is 0.323 e. The summed E-state index contributed by atoms with van der Waals surface area (Å²) >= 11 is 0. The fraction of sp³-hybridized carbons (Fsp3) is 0.611. The fourth-order valence-corrected chi connectivity index (χ4v) is 2.95. The second-order valence-electron chi connectivity index (χ2n) is 6.33. The number of rotatable bonds is 6. The summed E-state index contributed by atoms with van der Waals surface area (Å²) in [7, 11) is 1.47. The Bertz CT molecular complexity index is 463. The Hall–Kier alpha value is -1.35. The Morgan fingerprint density at radius 1 is 1.33 bits per heavy atom. The molecule has 0 heterocycles. The first-order valence-electron chi connectivity index (χ1n) is 7.95. The molecule has 1 aromatic rings. The van der Waals surface area contributed by atoms with Crippen LogP contribution in [0.1, 0.15) is 50.2 Å². The molecule has 0 spiro atoms. The molecule has 1 aliphatic rings. The van der Waals surface area contributed by atoms with Gasteiger partial charge in [0.2, 0.25) is 0 Å². The average Bonchev–Trinajstić information content (AvgIpc) is 2.46. The lowest BCUT2D eigenvalue weighted by atomic mass is 9.75. The Morgan fingerprint density at radius 3 is 2.48 bits per heavy atom.